The number of aryl methyl sites for hydroxylation is 1. The van der Waals surface area contributed by atoms with Gasteiger partial charge in [0.25, 0.3) is 11.6 Å². The largest absolute Gasteiger partial charge is 0.355 e. The van der Waals surface area contributed by atoms with Crippen molar-refractivity contribution in [3.8, 4) is 11.3 Å². The lowest BCUT2D eigenvalue weighted by Crippen LogP contribution is -2.18. The first-order chi connectivity index (χ1) is 10.1. The summed E-state index contributed by atoms with van der Waals surface area (Å²) in [7, 11) is 1.53. The predicted molar refractivity (Wildman–Crippen MR) is 75.3 cm³/mol. The van der Waals surface area contributed by atoms with Crippen molar-refractivity contribution < 1.29 is 13.7 Å². The van der Waals surface area contributed by atoms with E-state index < -0.39 is 5.82 Å². The van der Waals surface area contributed by atoms with Gasteiger partial charge in [0.2, 0.25) is 0 Å². The van der Waals surface area contributed by atoms with Crippen LogP contribution in [0.3, 0.4) is 0 Å². The summed E-state index contributed by atoms with van der Waals surface area (Å²) < 4.78 is 19.1. The summed E-state index contributed by atoms with van der Waals surface area (Å²) in [4.78, 5) is 16.2. The van der Waals surface area contributed by atoms with Crippen LogP contribution in [0.4, 0.5) is 4.39 Å². The number of carbonyl (C=O) groups excluding carboxylic acids is 1. The highest BCUT2D eigenvalue weighted by molar-refractivity contribution is 6.09. The van der Waals surface area contributed by atoms with Crippen LogP contribution in [0.2, 0.25) is 0 Å². The average molecular weight is 285 g/mol. The molecule has 0 saturated carbocycles. The van der Waals surface area contributed by atoms with Crippen molar-refractivity contribution in [2.24, 2.45) is 0 Å². The molecule has 0 atom stereocenters. The lowest BCUT2D eigenvalue weighted by atomic mass is 10.0. The number of fused-ring (bicyclic) bond motifs is 1. The standard InChI is InChI=1S/C15H12FN3O2/c1-8-7-10(14(20)17-2)12-13(19-21-15(12)18-8)9-5-3-4-6-11(9)16/h3-7H,1-2H3,(H,17,20). The minimum absolute atomic E-state index is 0.215. The molecule has 3 rings (SSSR count). The Morgan fingerprint density at radius 1 is 1.33 bits per heavy atom. The molecule has 2 aromatic heterocycles. The maximum Gasteiger partial charge on any atom is 0.259 e. The Bertz CT molecular complexity index is 842. The van der Waals surface area contributed by atoms with Gasteiger partial charge in [-0.1, -0.05) is 17.3 Å². The van der Waals surface area contributed by atoms with Crippen LogP contribution in [-0.4, -0.2) is 23.1 Å². The van der Waals surface area contributed by atoms with E-state index in [2.05, 4.69) is 15.5 Å². The SMILES string of the molecule is CNC(=O)c1cc(C)nc2onc(-c3ccccc3F)c12. The fourth-order valence-corrected chi connectivity index (χ4v) is 2.22. The molecule has 3 aromatic rings. The van der Waals surface area contributed by atoms with Crippen LogP contribution >= 0.6 is 0 Å². The highest BCUT2D eigenvalue weighted by atomic mass is 19.1. The molecule has 6 heteroatoms. The summed E-state index contributed by atoms with van der Waals surface area (Å²) >= 11 is 0. The van der Waals surface area contributed by atoms with Crippen LogP contribution in [-0.2, 0) is 0 Å². The number of aromatic nitrogens is 2. The second kappa shape index (κ2) is 4.97. The number of amides is 1. The Kier molecular flexibility index (Phi) is 3.13. The van der Waals surface area contributed by atoms with Gasteiger partial charge in [-0.05, 0) is 25.1 Å². The third-order valence-electron chi connectivity index (χ3n) is 3.18. The van der Waals surface area contributed by atoms with Gasteiger partial charge < -0.3 is 9.84 Å². The van der Waals surface area contributed by atoms with E-state index in [0.717, 1.165) is 0 Å². The number of nitrogens with zero attached hydrogens (tertiary/aromatic N) is 2. The van der Waals surface area contributed by atoms with Crippen LogP contribution in [0, 0.1) is 12.7 Å². The molecule has 0 unspecified atom stereocenters. The van der Waals surface area contributed by atoms with Crippen LogP contribution in [0.15, 0.2) is 34.9 Å². The molecule has 0 fully saturated rings. The third kappa shape index (κ3) is 2.14. The molecule has 0 aliphatic rings. The molecule has 106 valence electrons. The fourth-order valence-electron chi connectivity index (χ4n) is 2.22. The van der Waals surface area contributed by atoms with Gasteiger partial charge in [0.15, 0.2) is 0 Å². The van der Waals surface area contributed by atoms with E-state index in [1.54, 1.807) is 31.2 Å². The summed E-state index contributed by atoms with van der Waals surface area (Å²) in [6.45, 7) is 1.75. The van der Waals surface area contributed by atoms with Crippen molar-refractivity contribution in [2.45, 2.75) is 6.92 Å². The van der Waals surface area contributed by atoms with Crippen molar-refractivity contribution in [2.75, 3.05) is 7.05 Å². The van der Waals surface area contributed by atoms with Crippen LogP contribution in [0.5, 0.6) is 0 Å². The van der Waals surface area contributed by atoms with Crippen LogP contribution < -0.4 is 5.32 Å². The molecular formula is C15H12FN3O2. The first-order valence-corrected chi connectivity index (χ1v) is 6.36. The molecule has 0 bridgehead atoms. The minimum atomic E-state index is -0.434. The number of rotatable bonds is 2. The first-order valence-electron chi connectivity index (χ1n) is 6.36. The minimum Gasteiger partial charge on any atom is -0.355 e. The van der Waals surface area contributed by atoms with Gasteiger partial charge in [-0.25, -0.2) is 9.37 Å². The van der Waals surface area contributed by atoms with Gasteiger partial charge >= 0.3 is 0 Å². The molecule has 0 aliphatic carbocycles. The Labute approximate surface area is 119 Å². The Balaban J connectivity index is 2.36. The van der Waals surface area contributed by atoms with Gasteiger partial charge in [0.05, 0.1) is 10.9 Å². The summed E-state index contributed by atoms with van der Waals surface area (Å²) in [5, 5.41) is 6.85. The van der Waals surface area contributed by atoms with E-state index in [0.29, 0.717) is 16.6 Å². The normalized spacial score (nSPS) is 10.8. The van der Waals surface area contributed by atoms with Crippen molar-refractivity contribution in [1.82, 2.24) is 15.5 Å². The molecule has 0 spiro atoms. The predicted octanol–water partition coefficient (Wildman–Crippen LogP) is 2.70. The van der Waals surface area contributed by atoms with Crippen molar-refractivity contribution in [3.63, 3.8) is 0 Å². The van der Waals surface area contributed by atoms with Gasteiger partial charge in [0.1, 0.15) is 11.5 Å². The van der Waals surface area contributed by atoms with Gasteiger partial charge in [0, 0.05) is 18.3 Å². The number of carbonyl (C=O) groups is 1. The van der Waals surface area contributed by atoms with E-state index in [4.69, 9.17) is 4.52 Å². The number of halogens is 1. The summed E-state index contributed by atoms with van der Waals surface area (Å²) in [5.74, 6) is -0.734. The highest BCUT2D eigenvalue weighted by Gasteiger charge is 2.21. The van der Waals surface area contributed by atoms with Crippen molar-refractivity contribution in [3.05, 3.63) is 47.4 Å². The molecule has 0 aliphatic heterocycles. The number of hydrogen-bond donors (Lipinski definition) is 1. The van der Waals surface area contributed by atoms with Gasteiger partial charge in [-0.15, -0.1) is 0 Å². The van der Waals surface area contributed by atoms with E-state index in [-0.39, 0.29) is 22.9 Å². The van der Waals surface area contributed by atoms with Crippen molar-refractivity contribution in [1.29, 1.82) is 0 Å². The zero-order valence-electron chi connectivity index (χ0n) is 11.5. The summed E-state index contributed by atoms with van der Waals surface area (Å²) in [5.41, 5.74) is 1.74. The van der Waals surface area contributed by atoms with E-state index in [1.165, 1.54) is 13.1 Å². The topological polar surface area (TPSA) is 68.0 Å². The average Bonchev–Trinajstić information content (AvgIpc) is 2.89. The summed E-state index contributed by atoms with van der Waals surface area (Å²) in [6.07, 6.45) is 0. The molecule has 21 heavy (non-hydrogen) atoms. The molecule has 0 radical (unpaired) electrons. The highest BCUT2D eigenvalue weighted by Crippen LogP contribution is 2.31. The lowest BCUT2D eigenvalue weighted by Gasteiger charge is -2.04. The number of pyridine rings is 1. The fraction of sp³-hybridized carbons (Fsp3) is 0.133. The Hall–Kier alpha value is -2.76. The maximum absolute atomic E-state index is 14.0. The second-order valence-corrected chi connectivity index (χ2v) is 4.58. The number of nitrogens with one attached hydrogen (secondary N) is 1. The summed E-state index contributed by atoms with van der Waals surface area (Å²) in [6, 6.07) is 7.82. The monoisotopic (exact) mass is 285 g/mol. The molecule has 1 aromatic carbocycles. The van der Waals surface area contributed by atoms with E-state index in [1.807, 2.05) is 0 Å². The zero-order valence-corrected chi connectivity index (χ0v) is 11.5. The maximum atomic E-state index is 14.0. The first kappa shape index (κ1) is 13.2. The third-order valence-corrected chi connectivity index (χ3v) is 3.18. The molecule has 5 nitrogen and oxygen atoms in total. The van der Waals surface area contributed by atoms with Gasteiger partial charge in [-0.3, -0.25) is 4.79 Å². The van der Waals surface area contributed by atoms with E-state index in [9.17, 15) is 9.18 Å². The molecule has 1 amide bonds. The molecular weight excluding hydrogens is 273 g/mol. The van der Waals surface area contributed by atoms with Crippen LogP contribution in [0.25, 0.3) is 22.4 Å². The van der Waals surface area contributed by atoms with E-state index >= 15 is 0 Å². The van der Waals surface area contributed by atoms with Crippen molar-refractivity contribution >= 4 is 17.0 Å². The zero-order chi connectivity index (χ0) is 15.0. The van der Waals surface area contributed by atoms with Crippen LogP contribution in [0.1, 0.15) is 16.1 Å². The number of hydrogen-bond acceptors (Lipinski definition) is 4. The molecule has 2 heterocycles. The number of benzene rings is 1. The molecule has 1 N–H and O–H groups in total. The second-order valence-electron chi connectivity index (χ2n) is 4.58. The molecule has 0 saturated heterocycles. The lowest BCUT2D eigenvalue weighted by molar-refractivity contribution is 0.0964. The Morgan fingerprint density at radius 3 is 2.81 bits per heavy atom. The quantitative estimate of drug-likeness (QED) is 0.786. The smallest absolute Gasteiger partial charge is 0.259 e. The van der Waals surface area contributed by atoms with Gasteiger partial charge in [-0.2, -0.15) is 0 Å². The Morgan fingerprint density at radius 2 is 2.10 bits per heavy atom.